The van der Waals surface area contributed by atoms with Crippen LogP contribution in [0.5, 0.6) is 0 Å². The molecule has 3 rings (SSSR count). The van der Waals surface area contributed by atoms with E-state index in [2.05, 4.69) is 4.18 Å². The van der Waals surface area contributed by atoms with E-state index in [0.29, 0.717) is 16.7 Å². The van der Waals surface area contributed by atoms with Crippen molar-refractivity contribution in [2.45, 2.75) is 44.9 Å². The van der Waals surface area contributed by atoms with Crippen molar-refractivity contribution in [3.63, 3.8) is 0 Å². The van der Waals surface area contributed by atoms with Crippen molar-refractivity contribution < 1.29 is 65.6 Å². The molecular formula is C37H53N2O14PS2. The summed E-state index contributed by atoms with van der Waals surface area (Å²) in [6.07, 6.45) is 0. The van der Waals surface area contributed by atoms with Crippen LogP contribution in [-0.2, 0) is 42.1 Å². The summed E-state index contributed by atoms with van der Waals surface area (Å²) in [5, 5.41) is 63.2. The first kappa shape index (κ1) is 47.4. The Kier molecular flexibility index (Phi) is 16.7. The van der Waals surface area contributed by atoms with E-state index in [9.17, 15) is 52.0 Å². The predicted octanol–water partition coefficient (Wildman–Crippen LogP) is -0.334. The van der Waals surface area contributed by atoms with E-state index in [0.717, 1.165) is 7.11 Å². The Morgan fingerprint density at radius 1 is 0.643 bits per heavy atom. The lowest BCUT2D eigenvalue weighted by Crippen LogP contribution is -2.58. The van der Waals surface area contributed by atoms with Crippen LogP contribution >= 0.6 is 7.14 Å². The van der Waals surface area contributed by atoms with Gasteiger partial charge >= 0.3 is 0 Å². The average molecular weight is 845 g/mol. The molecule has 0 aliphatic rings. The molecule has 0 spiro atoms. The summed E-state index contributed by atoms with van der Waals surface area (Å²) in [7, 11) is -12.0. The molecule has 56 heavy (non-hydrogen) atoms. The molecule has 0 radical (unpaired) electrons. The Labute approximate surface area is 328 Å². The minimum atomic E-state index is -4.61. The van der Waals surface area contributed by atoms with Gasteiger partial charge in [-0.25, -0.2) is 0 Å². The van der Waals surface area contributed by atoms with Crippen LogP contribution in [0, 0.1) is 20.8 Å². The molecule has 0 aromatic heterocycles. The lowest BCUT2D eigenvalue weighted by atomic mass is 9.86. The SMILES string of the molecule is COS(=O)(=O)CCN(Cc1c(C)c(CN(CCS(=O)(=O)O)C(CO)(CO)CO)c(C)c(C(=O)P(=O)(c2ccccc2)c2ccccc2)c1C)C(CO)(CO)CO. The Balaban J connectivity index is 2.50. The molecule has 3 aromatic rings. The largest absolute Gasteiger partial charge is 0.394 e. The summed E-state index contributed by atoms with van der Waals surface area (Å²) >= 11 is 0. The zero-order chi connectivity index (χ0) is 42.1. The molecule has 0 saturated heterocycles. The third-order valence-corrected chi connectivity index (χ3v) is 15.3. The van der Waals surface area contributed by atoms with Crippen LogP contribution < -0.4 is 10.6 Å². The molecule has 0 amide bonds. The van der Waals surface area contributed by atoms with Crippen molar-refractivity contribution in [2.24, 2.45) is 0 Å². The third-order valence-electron chi connectivity index (χ3n) is 10.6. The van der Waals surface area contributed by atoms with Gasteiger partial charge in [0.25, 0.3) is 20.2 Å². The van der Waals surface area contributed by atoms with Crippen LogP contribution in [-0.4, -0.2) is 150 Å². The van der Waals surface area contributed by atoms with E-state index in [4.69, 9.17) is 0 Å². The van der Waals surface area contributed by atoms with Crippen molar-refractivity contribution in [1.29, 1.82) is 0 Å². The molecule has 0 bridgehead atoms. The van der Waals surface area contributed by atoms with Gasteiger partial charge in [-0.3, -0.25) is 23.3 Å². The van der Waals surface area contributed by atoms with Gasteiger partial charge in [-0.1, -0.05) is 60.7 Å². The molecule has 0 atom stereocenters. The van der Waals surface area contributed by atoms with Crippen LogP contribution in [0.25, 0.3) is 0 Å². The van der Waals surface area contributed by atoms with Gasteiger partial charge in [-0.2, -0.15) is 16.8 Å². The normalized spacial score (nSPS) is 13.2. The second-order valence-electron chi connectivity index (χ2n) is 13.7. The molecule has 312 valence electrons. The second-order valence-corrected chi connectivity index (χ2v) is 19.8. The topological polar surface area (TPSA) is 260 Å². The number of carbonyl (C=O) groups excluding carboxylic acids is 1. The van der Waals surface area contributed by atoms with Gasteiger partial charge < -0.3 is 35.2 Å². The Bertz CT molecular complexity index is 2000. The summed E-state index contributed by atoms with van der Waals surface area (Å²) in [6.45, 7) is -1.85. The molecule has 0 heterocycles. The van der Waals surface area contributed by atoms with Crippen LogP contribution in [0.3, 0.4) is 0 Å². The van der Waals surface area contributed by atoms with Gasteiger partial charge in [0, 0.05) is 42.4 Å². The first-order chi connectivity index (χ1) is 26.3. The van der Waals surface area contributed by atoms with Crippen LogP contribution in [0.2, 0.25) is 0 Å². The molecule has 0 unspecified atom stereocenters. The van der Waals surface area contributed by atoms with Gasteiger partial charge in [-0.05, 0) is 48.6 Å². The van der Waals surface area contributed by atoms with Gasteiger partial charge in [-0.15, -0.1) is 0 Å². The number of benzene rings is 3. The third kappa shape index (κ3) is 10.2. The quantitative estimate of drug-likeness (QED) is 0.0366. The van der Waals surface area contributed by atoms with Gasteiger partial charge in [0.15, 0.2) is 0 Å². The lowest BCUT2D eigenvalue weighted by molar-refractivity contribution is -0.0505. The number of hydrogen-bond donors (Lipinski definition) is 7. The molecule has 0 aliphatic heterocycles. The highest BCUT2D eigenvalue weighted by Gasteiger charge is 2.42. The maximum Gasteiger partial charge on any atom is 0.268 e. The minimum Gasteiger partial charge on any atom is -0.394 e. The van der Waals surface area contributed by atoms with Crippen LogP contribution in [0.4, 0.5) is 0 Å². The van der Waals surface area contributed by atoms with E-state index < -0.39 is 108 Å². The first-order valence-electron chi connectivity index (χ1n) is 17.6. The number of rotatable bonds is 23. The van der Waals surface area contributed by atoms with E-state index in [-0.39, 0.29) is 40.4 Å². The average Bonchev–Trinajstić information content (AvgIpc) is 3.19. The molecule has 0 aliphatic carbocycles. The molecule has 16 nitrogen and oxygen atoms in total. The summed E-state index contributed by atoms with van der Waals surface area (Å²) in [4.78, 5) is 17.8. The summed E-state index contributed by atoms with van der Waals surface area (Å²) in [5.74, 6) is -1.51. The summed E-state index contributed by atoms with van der Waals surface area (Å²) < 4.78 is 78.6. The van der Waals surface area contributed by atoms with E-state index in [1.165, 1.54) is 9.80 Å². The molecule has 19 heteroatoms. The summed E-state index contributed by atoms with van der Waals surface area (Å²) in [5.41, 5.74) is -2.89. The second kappa shape index (κ2) is 19.7. The summed E-state index contributed by atoms with van der Waals surface area (Å²) in [6, 6.07) is 16.2. The Morgan fingerprint density at radius 2 is 1.00 bits per heavy atom. The highest BCUT2D eigenvalue weighted by Crippen LogP contribution is 2.49. The molecule has 0 saturated carbocycles. The minimum absolute atomic E-state index is 0.0268. The zero-order valence-electron chi connectivity index (χ0n) is 31.9. The Hall–Kier alpha value is -2.94. The van der Waals surface area contributed by atoms with Crippen molar-refractivity contribution in [2.75, 3.05) is 71.3 Å². The van der Waals surface area contributed by atoms with Crippen molar-refractivity contribution in [1.82, 2.24) is 9.80 Å². The van der Waals surface area contributed by atoms with Gasteiger partial charge in [0.05, 0.1) is 69.3 Å². The molecular weight excluding hydrogens is 792 g/mol. The lowest BCUT2D eigenvalue weighted by Gasteiger charge is -2.42. The van der Waals surface area contributed by atoms with Crippen LogP contribution in [0.1, 0.15) is 38.2 Å². The highest BCUT2D eigenvalue weighted by atomic mass is 32.2. The van der Waals surface area contributed by atoms with Crippen molar-refractivity contribution in [3.8, 4) is 0 Å². The monoisotopic (exact) mass is 844 g/mol. The molecule has 7 N–H and O–H groups in total. The highest BCUT2D eigenvalue weighted by molar-refractivity contribution is 7.93. The number of aliphatic hydroxyl groups is 6. The molecule has 3 aromatic carbocycles. The fourth-order valence-corrected chi connectivity index (χ4v) is 10.4. The van der Waals surface area contributed by atoms with Crippen LogP contribution in [0.15, 0.2) is 60.7 Å². The number of nitrogens with zero attached hydrogens (tertiary/aromatic N) is 2. The number of carbonyl (C=O) groups is 1. The number of aliphatic hydroxyl groups excluding tert-OH is 6. The maximum absolute atomic E-state index is 15.5. The van der Waals surface area contributed by atoms with Gasteiger partial charge in [0.1, 0.15) is 0 Å². The molecule has 0 fully saturated rings. The van der Waals surface area contributed by atoms with E-state index in [1.807, 2.05) is 0 Å². The predicted molar refractivity (Wildman–Crippen MR) is 211 cm³/mol. The zero-order valence-corrected chi connectivity index (χ0v) is 34.4. The Morgan fingerprint density at radius 3 is 1.32 bits per heavy atom. The van der Waals surface area contributed by atoms with Crippen molar-refractivity contribution >= 4 is 43.5 Å². The van der Waals surface area contributed by atoms with E-state index >= 15 is 9.36 Å². The fourth-order valence-electron chi connectivity index (χ4n) is 6.72. The smallest absolute Gasteiger partial charge is 0.268 e. The van der Waals surface area contributed by atoms with Gasteiger partial charge in [0.2, 0.25) is 12.7 Å². The fraction of sp³-hybridized carbons (Fsp3) is 0.486. The van der Waals surface area contributed by atoms with Crippen molar-refractivity contribution in [3.05, 3.63) is 94.0 Å². The number of hydrogen-bond acceptors (Lipinski definition) is 15. The standard InChI is InChI=1S/C37H53N2O14PS2/c1-27-32(19-38(15-17-55(48,49)50)36(21-40,22-41)23-42)28(2)34(35(46)54(47,30-11-7-5-8-12-30)31-13-9-6-10-14-31)29(3)33(27)20-39(16-18-56(51,52)53-4)37(24-43,25-44)26-45/h5-14,40-45H,15-26H2,1-4H3,(H,48,49,50). The van der Waals surface area contributed by atoms with E-state index in [1.54, 1.807) is 81.4 Å². The maximum atomic E-state index is 15.5. The first-order valence-corrected chi connectivity index (χ1v) is 22.5.